The maximum Gasteiger partial charge on any atom is 0.0701 e. The molecule has 1 aromatic rings. The Morgan fingerprint density at radius 2 is 1.94 bits per heavy atom. The molecule has 0 radical (unpaired) electrons. The van der Waals surface area contributed by atoms with E-state index in [1.165, 1.54) is 5.56 Å². The molecule has 0 heterocycles. The summed E-state index contributed by atoms with van der Waals surface area (Å²) in [5.41, 5.74) is 9.66. The molecule has 0 aliphatic heterocycles. The quantitative estimate of drug-likeness (QED) is 0.482. The van der Waals surface area contributed by atoms with Crippen molar-refractivity contribution in [3.63, 3.8) is 0 Å². The Kier molecular flexibility index (Phi) is 3.67. The monoisotopic (exact) mass is 231 g/mol. The van der Waals surface area contributed by atoms with Gasteiger partial charge >= 0.3 is 0 Å². The summed E-state index contributed by atoms with van der Waals surface area (Å²) < 4.78 is 0. The van der Waals surface area contributed by atoms with E-state index in [0.717, 1.165) is 25.7 Å². The Balaban J connectivity index is 2.42. The van der Waals surface area contributed by atoms with Crippen LogP contribution in [0.2, 0.25) is 0 Å². The number of hydrogen-bond donors (Lipinski definition) is 1. The molecule has 2 rings (SSSR count). The second kappa shape index (κ2) is 5.21. The largest absolute Gasteiger partial charge is 0.396 e. The van der Waals surface area contributed by atoms with Crippen molar-refractivity contribution in [2.24, 2.45) is 5.11 Å². The normalized spacial score (nSPS) is 19.6. The number of aliphatic hydroxyl groups is 1. The van der Waals surface area contributed by atoms with Crippen LogP contribution >= 0.6 is 0 Å². The lowest BCUT2D eigenvalue weighted by Crippen LogP contribution is -2.38. The van der Waals surface area contributed by atoms with Gasteiger partial charge in [0.15, 0.2) is 0 Å². The maximum atomic E-state index is 9.48. The third kappa shape index (κ3) is 2.14. The van der Waals surface area contributed by atoms with E-state index in [9.17, 15) is 5.11 Å². The van der Waals surface area contributed by atoms with Crippen molar-refractivity contribution in [2.45, 2.75) is 37.1 Å². The highest BCUT2D eigenvalue weighted by Gasteiger charge is 2.41. The Morgan fingerprint density at radius 1 is 1.29 bits per heavy atom. The third-order valence-electron chi connectivity index (χ3n) is 3.85. The average Bonchev–Trinajstić information content (AvgIpc) is 2.87. The summed E-state index contributed by atoms with van der Waals surface area (Å²) in [6.45, 7) is -0.0844. The minimum absolute atomic E-state index is 0.0844. The Bertz CT molecular complexity index is 406. The van der Waals surface area contributed by atoms with E-state index in [0.29, 0.717) is 0 Å². The number of benzene rings is 1. The second-order valence-electron chi connectivity index (χ2n) is 4.63. The molecule has 0 amide bonds. The van der Waals surface area contributed by atoms with Gasteiger partial charge in [-0.2, -0.15) is 0 Å². The van der Waals surface area contributed by atoms with Crippen molar-refractivity contribution in [3.05, 3.63) is 46.3 Å². The summed E-state index contributed by atoms with van der Waals surface area (Å²) in [6, 6.07) is 9.77. The Hall–Kier alpha value is -1.51. The summed E-state index contributed by atoms with van der Waals surface area (Å²) in [6.07, 6.45) is 4.24. The fourth-order valence-corrected chi connectivity index (χ4v) is 2.97. The topological polar surface area (TPSA) is 69.0 Å². The molecule has 0 spiro atoms. The number of hydrogen-bond acceptors (Lipinski definition) is 2. The first-order chi connectivity index (χ1) is 8.33. The highest BCUT2D eigenvalue weighted by atomic mass is 16.3. The molecule has 1 fully saturated rings. The van der Waals surface area contributed by atoms with Gasteiger partial charge in [0, 0.05) is 10.3 Å². The molecule has 1 aromatic carbocycles. The first-order valence-electron chi connectivity index (χ1n) is 6.04. The van der Waals surface area contributed by atoms with E-state index < -0.39 is 0 Å². The lowest BCUT2D eigenvalue weighted by Gasteiger charge is -2.34. The zero-order valence-electron chi connectivity index (χ0n) is 9.79. The Morgan fingerprint density at radius 3 is 2.47 bits per heavy atom. The molecular weight excluding hydrogens is 214 g/mol. The van der Waals surface area contributed by atoms with Crippen LogP contribution in [0, 0.1) is 0 Å². The van der Waals surface area contributed by atoms with E-state index >= 15 is 0 Å². The van der Waals surface area contributed by atoms with Gasteiger partial charge in [-0.15, -0.1) is 0 Å². The fourth-order valence-electron chi connectivity index (χ4n) is 2.97. The smallest absolute Gasteiger partial charge is 0.0701 e. The van der Waals surface area contributed by atoms with Gasteiger partial charge in [0.2, 0.25) is 0 Å². The van der Waals surface area contributed by atoms with Gasteiger partial charge < -0.3 is 5.11 Å². The predicted octanol–water partition coefficient (Wildman–Crippen LogP) is 3.17. The van der Waals surface area contributed by atoms with Gasteiger partial charge in [0.25, 0.3) is 0 Å². The molecule has 17 heavy (non-hydrogen) atoms. The minimum Gasteiger partial charge on any atom is -0.396 e. The zero-order chi connectivity index (χ0) is 12.1. The molecule has 0 aromatic heterocycles. The average molecular weight is 231 g/mol. The van der Waals surface area contributed by atoms with E-state index in [-0.39, 0.29) is 18.1 Å². The summed E-state index contributed by atoms with van der Waals surface area (Å²) in [5, 5.41) is 13.3. The van der Waals surface area contributed by atoms with Crippen LogP contribution in [0.1, 0.15) is 31.2 Å². The van der Waals surface area contributed by atoms with Gasteiger partial charge in [-0.05, 0) is 23.9 Å². The first-order valence-corrected chi connectivity index (χ1v) is 6.04. The number of rotatable bonds is 4. The lowest BCUT2D eigenvalue weighted by molar-refractivity contribution is 0.203. The number of aliphatic hydroxyl groups excluding tert-OH is 1. The van der Waals surface area contributed by atoms with Gasteiger partial charge in [-0.1, -0.05) is 48.3 Å². The summed E-state index contributed by atoms with van der Waals surface area (Å²) in [7, 11) is 0. The van der Waals surface area contributed by atoms with Gasteiger partial charge in [-0.25, -0.2) is 0 Å². The Labute approximate surface area is 101 Å². The molecule has 1 aliphatic rings. The molecule has 90 valence electrons. The summed E-state index contributed by atoms with van der Waals surface area (Å²) in [4.78, 5) is 2.89. The van der Waals surface area contributed by atoms with Crippen molar-refractivity contribution >= 4 is 0 Å². The van der Waals surface area contributed by atoms with Crippen LogP contribution < -0.4 is 0 Å². The molecule has 4 heteroatoms. The van der Waals surface area contributed by atoms with Crippen molar-refractivity contribution < 1.29 is 5.11 Å². The first kappa shape index (κ1) is 12.0. The van der Waals surface area contributed by atoms with E-state index in [1.54, 1.807) is 0 Å². The van der Waals surface area contributed by atoms with Crippen molar-refractivity contribution in [3.8, 4) is 0 Å². The number of azide groups is 1. The molecule has 4 nitrogen and oxygen atoms in total. The SMILES string of the molecule is [N-]=[N+]=NC(CO)C1(c2ccccc2)CCCC1. The second-order valence-corrected chi connectivity index (χ2v) is 4.63. The van der Waals surface area contributed by atoms with Crippen LogP contribution in [0.5, 0.6) is 0 Å². The summed E-state index contributed by atoms with van der Waals surface area (Å²) >= 11 is 0. The van der Waals surface area contributed by atoms with Crippen LogP contribution in [0.3, 0.4) is 0 Å². The van der Waals surface area contributed by atoms with E-state index in [4.69, 9.17) is 5.53 Å². The third-order valence-corrected chi connectivity index (χ3v) is 3.85. The van der Waals surface area contributed by atoms with Gasteiger partial charge in [-0.3, -0.25) is 0 Å². The maximum absolute atomic E-state index is 9.48. The fraction of sp³-hybridized carbons (Fsp3) is 0.538. The molecular formula is C13H17N3O. The minimum atomic E-state index is -0.350. The number of nitrogens with zero attached hydrogens (tertiary/aromatic N) is 3. The van der Waals surface area contributed by atoms with Crippen molar-refractivity contribution in [2.75, 3.05) is 6.61 Å². The summed E-state index contributed by atoms with van der Waals surface area (Å²) in [5.74, 6) is 0. The van der Waals surface area contributed by atoms with Crippen LogP contribution in [-0.4, -0.2) is 17.8 Å². The molecule has 1 N–H and O–H groups in total. The molecule has 1 atom stereocenters. The molecule has 0 bridgehead atoms. The van der Waals surface area contributed by atoms with Crippen molar-refractivity contribution in [1.29, 1.82) is 0 Å². The van der Waals surface area contributed by atoms with Crippen LogP contribution in [0.4, 0.5) is 0 Å². The standard InChI is InChI=1S/C13H17N3O/c14-16-15-12(10-17)13(8-4-5-9-13)11-6-2-1-3-7-11/h1-3,6-7,12,17H,4-5,8-10H2. The highest BCUT2D eigenvalue weighted by molar-refractivity contribution is 5.29. The van der Waals surface area contributed by atoms with Crippen LogP contribution in [0.15, 0.2) is 35.4 Å². The van der Waals surface area contributed by atoms with Crippen molar-refractivity contribution in [1.82, 2.24) is 0 Å². The van der Waals surface area contributed by atoms with E-state index in [1.807, 2.05) is 18.2 Å². The molecule has 1 aliphatic carbocycles. The molecule has 1 unspecified atom stereocenters. The van der Waals surface area contributed by atoms with E-state index in [2.05, 4.69) is 22.2 Å². The van der Waals surface area contributed by atoms with Gasteiger partial charge in [0.05, 0.1) is 12.6 Å². The molecule has 1 saturated carbocycles. The molecule has 0 saturated heterocycles. The predicted molar refractivity (Wildman–Crippen MR) is 66.6 cm³/mol. The van der Waals surface area contributed by atoms with Crippen LogP contribution in [-0.2, 0) is 5.41 Å². The zero-order valence-corrected chi connectivity index (χ0v) is 9.79. The van der Waals surface area contributed by atoms with Crippen LogP contribution in [0.25, 0.3) is 10.4 Å². The van der Waals surface area contributed by atoms with Gasteiger partial charge in [0.1, 0.15) is 0 Å². The highest BCUT2D eigenvalue weighted by Crippen LogP contribution is 2.44. The lowest BCUT2D eigenvalue weighted by atomic mass is 9.73.